The van der Waals surface area contributed by atoms with Crippen molar-refractivity contribution in [1.29, 1.82) is 0 Å². The van der Waals surface area contributed by atoms with Crippen LogP contribution in [0.25, 0.3) is 0 Å². The van der Waals surface area contributed by atoms with Gasteiger partial charge in [0.25, 0.3) is 0 Å². The van der Waals surface area contributed by atoms with Crippen LogP contribution in [-0.2, 0) is 9.59 Å². The second kappa shape index (κ2) is 5.27. The van der Waals surface area contributed by atoms with Crippen LogP contribution >= 0.6 is 0 Å². The fourth-order valence-electron chi connectivity index (χ4n) is 7.17. The van der Waals surface area contributed by atoms with Crippen molar-refractivity contribution in [2.75, 3.05) is 0 Å². The van der Waals surface area contributed by atoms with Crippen LogP contribution in [0.15, 0.2) is 11.6 Å². The van der Waals surface area contributed by atoms with Crippen LogP contribution in [0.1, 0.15) is 65.7 Å². The summed E-state index contributed by atoms with van der Waals surface area (Å²) in [6.45, 7) is 6.12. The highest BCUT2D eigenvalue weighted by Crippen LogP contribution is 2.65. The maximum absolute atomic E-state index is 13.3. The predicted octanol–water partition coefficient (Wildman–Crippen LogP) is 3.69. The number of carbonyl (C=O) groups excluding carboxylic acids is 2. The van der Waals surface area contributed by atoms with Crippen LogP contribution in [-0.4, -0.2) is 22.8 Å². The topological polar surface area (TPSA) is 54.4 Å². The zero-order valence-electron chi connectivity index (χ0n) is 15.2. The van der Waals surface area contributed by atoms with E-state index in [-0.39, 0.29) is 28.6 Å². The molecule has 0 bridgehead atoms. The van der Waals surface area contributed by atoms with Crippen LogP contribution in [0.3, 0.4) is 0 Å². The van der Waals surface area contributed by atoms with Gasteiger partial charge in [-0.2, -0.15) is 0 Å². The van der Waals surface area contributed by atoms with Crippen molar-refractivity contribution < 1.29 is 14.7 Å². The van der Waals surface area contributed by atoms with Crippen molar-refractivity contribution in [3.8, 4) is 0 Å². The molecule has 4 aliphatic rings. The summed E-state index contributed by atoms with van der Waals surface area (Å²) in [5.41, 5.74) is 0.728. The Labute approximate surface area is 144 Å². The number of hydrogen-bond acceptors (Lipinski definition) is 3. The third-order valence-corrected chi connectivity index (χ3v) is 8.29. The van der Waals surface area contributed by atoms with E-state index in [1.165, 1.54) is 0 Å². The van der Waals surface area contributed by atoms with Gasteiger partial charge < -0.3 is 5.11 Å². The lowest BCUT2D eigenvalue weighted by Gasteiger charge is -2.59. The average molecular weight is 330 g/mol. The van der Waals surface area contributed by atoms with Crippen LogP contribution in [0.2, 0.25) is 0 Å². The van der Waals surface area contributed by atoms with E-state index in [1.807, 2.05) is 0 Å². The summed E-state index contributed by atoms with van der Waals surface area (Å²) in [7, 11) is 0. The molecule has 0 spiro atoms. The summed E-state index contributed by atoms with van der Waals surface area (Å²) in [5, 5.41) is 10.1. The first-order valence-electron chi connectivity index (χ1n) is 9.69. The number of aliphatic hydroxyl groups is 1. The molecular weight excluding hydrogens is 300 g/mol. The first-order chi connectivity index (χ1) is 11.3. The van der Waals surface area contributed by atoms with E-state index in [2.05, 4.69) is 19.9 Å². The molecule has 0 amide bonds. The van der Waals surface area contributed by atoms with Crippen LogP contribution in [0.5, 0.6) is 0 Å². The van der Waals surface area contributed by atoms with Gasteiger partial charge in [0, 0.05) is 17.8 Å². The minimum Gasteiger partial charge on any atom is -0.393 e. The number of Topliss-reactive ketones (excluding diaryl/α,β-unsaturated/α-hetero) is 2. The van der Waals surface area contributed by atoms with E-state index in [1.54, 1.807) is 6.92 Å². The summed E-state index contributed by atoms with van der Waals surface area (Å²) in [6.07, 6.45) is 8.34. The van der Waals surface area contributed by atoms with E-state index >= 15 is 0 Å². The van der Waals surface area contributed by atoms with E-state index < -0.39 is 0 Å². The Kier molecular flexibility index (Phi) is 3.62. The lowest BCUT2D eigenvalue weighted by Crippen LogP contribution is -2.57. The zero-order valence-corrected chi connectivity index (χ0v) is 15.2. The molecule has 132 valence electrons. The fraction of sp³-hybridized carbons (Fsp3) is 0.810. The number of carbonyl (C=O) groups is 2. The third kappa shape index (κ3) is 2.06. The lowest BCUT2D eigenvalue weighted by atomic mass is 9.44. The molecule has 4 aliphatic carbocycles. The zero-order chi connectivity index (χ0) is 17.3. The summed E-state index contributed by atoms with van der Waals surface area (Å²) >= 11 is 0. The van der Waals surface area contributed by atoms with Gasteiger partial charge in [0.15, 0.2) is 5.78 Å². The maximum atomic E-state index is 13.3. The van der Waals surface area contributed by atoms with Crippen LogP contribution in [0.4, 0.5) is 0 Å². The molecule has 3 heteroatoms. The summed E-state index contributed by atoms with van der Waals surface area (Å²) in [6, 6.07) is 0. The van der Waals surface area contributed by atoms with E-state index in [9.17, 15) is 14.7 Å². The van der Waals surface area contributed by atoms with Gasteiger partial charge in [-0.1, -0.05) is 19.9 Å². The SMILES string of the molecule is CC(=O)C1=CC[C@H]2[C@@H]3CC[C@H]4C[C@@H](O)CC[C@]4(C)[C@H]3C(=O)C[C@]12C. The largest absolute Gasteiger partial charge is 0.393 e. The fourth-order valence-corrected chi connectivity index (χ4v) is 7.17. The van der Waals surface area contributed by atoms with Crippen molar-refractivity contribution in [2.24, 2.45) is 34.5 Å². The van der Waals surface area contributed by atoms with Crippen LogP contribution < -0.4 is 0 Å². The van der Waals surface area contributed by atoms with Crippen molar-refractivity contribution in [1.82, 2.24) is 0 Å². The molecule has 0 heterocycles. The second-order valence-electron chi connectivity index (χ2n) is 9.43. The Balaban J connectivity index is 1.69. The molecule has 0 aromatic rings. The number of ketones is 2. The molecular formula is C21H30O3. The molecule has 3 nitrogen and oxygen atoms in total. The molecule has 4 rings (SSSR count). The first kappa shape index (κ1) is 16.5. The van der Waals surface area contributed by atoms with E-state index in [0.717, 1.165) is 44.1 Å². The van der Waals surface area contributed by atoms with Crippen LogP contribution in [0, 0.1) is 34.5 Å². The lowest BCUT2D eigenvalue weighted by molar-refractivity contribution is -0.158. The van der Waals surface area contributed by atoms with Gasteiger partial charge in [-0.15, -0.1) is 0 Å². The Bertz CT molecular complexity index is 621. The van der Waals surface area contributed by atoms with Gasteiger partial charge >= 0.3 is 0 Å². The molecule has 1 N–H and O–H groups in total. The Hall–Kier alpha value is -0.960. The van der Waals surface area contributed by atoms with Gasteiger partial charge in [-0.3, -0.25) is 9.59 Å². The standard InChI is InChI=1S/C21H30O3/c1-12(22)16-6-7-17-15-5-4-13-10-14(23)8-9-20(13,2)19(15)18(24)11-21(16,17)3/h6,13-15,17,19,23H,4-5,7-11H2,1-3H3/t13-,14-,15-,17-,19+,20-,21+/m0/s1. The van der Waals surface area contributed by atoms with Gasteiger partial charge in [0.2, 0.25) is 0 Å². The molecule has 7 atom stereocenters. The molecule has 0 aliphatic heterocycles. The summed E-state index contributed by atoms with van der Waals surface area (Å²) in [5.74, 6) is 2.02. The Morgan fingerprint density at radius 2 is 2.00 bits per heavy atom. The minimum atomic E-state index is -0.235. The quantitative estimate of drug-likeness (QED) is 0.797. The minimum absolute atomic E-state index is 0.0551. The summed E-state index contributed by atoms with van der Waals surface area (Å²) in [4.78, 5) is 25.4. The number of allylic oxidation sites excluding steroid dienone is 2. The smallest absolute Gasteiger partial charge is 0.156 e. The van der Waals surface area contributed by atoms with E-state index in [4.69, 9.17) is 0 Å². The number of rotatable bonds is 1. The van der Waals surface area contributed by atoms with Gasteiger partial charge in [0.05, 0.1) is 6.10 Å². The normalized spacial score (nSPS) is 50.6. The maximum Gasteiger partial charge on any atom is 0.156 e. The highest BCUT2D eigenvalue weighted by molar-refractivity contribution is 5.97. The van der Waals surface area contributed by atoms with Gasteiger partial charge in [-0.25, -0.2) is 0 Å². The Morgan fingerprint density at radius 1 is 1.25 bits per heavy atom. The highest BCUT2D eigenvalue weighted by Gasteiger charge is 2.62. The molecule has 0 aromatic carbocycles. The number of hydrogen-bond donors (Lipinski definition) is 1. The molecule has 0 radical (unpaired) electrons. The number of fused-ring (bicyclic) bond motifs is 5. The molecule has 0 aromatic heterocycles. The monoisotopic (exact) mass is 330 g/mol. The predicted molar refractivity (Wildman–Crippen MR) is 92.3 cm³/mol. The molecule has 0 unspecified atom stereocenters. The van der Waals surface area contributed by atoms with Gasteiger partial charge in [-0.05, 0) is 74.2 Å². The molecule has 24 heavy (non-hydrogen) atoms. The van der Waals surface area contributed by atoms with Crippen molar-refractivity contribution >= 4 is 11.6 Å². The third-order valence-electron chi connectivity index (χ3n) is 8.29. The van der Waals surface area contributed by atoms with Gasteiger partial charge in [0.1, 0.15) is 5.78 Å². The van der Waals surface area contributed by atoms with Crippen molar-refractivity contribution in [3.63, 3.8) is 0 Å². The van der Waals surface area contributed by atoms with Crippen molar-refractivity contribution in [2.45, 2.75) is 71.8 Å². The number of aliphatic hydroxyl groups excluding tert-OH is 1. The Morgan fingerprint density at radius 3 is 2.71 bits per heavy atom. The molecule has 3 fully saturated rings. The van der Waals surface area contributed by atoms with Crippen molar-refractivity contribution in [3.05, 3.63) is 11.6 Å². The highest BCUT2D eigenvalue weighted by atomic mass is 16.3. The second-order valence-corrected chi connectivity index (χ2v) is 9.43. The molecule has 3 saturated carbocycles. The summed E-state index contributed by atoms with van der Waals surface area (Å²) < 4.78 is 0. The molecule has 0 saturated heterocycles. The van der Waals surface area contributed by atoms with E-state index in [0.29, 0.717) is 30.0 Å². The first-order valence-corrected chi connectivity index (χ1v) is 9.69. The average Bonchev–Trinajstić information content (AvgIpc) is 2.84.